The van der Waals surface area contributed by atoms with Crippen molar-refractivity contribution in [3.63, 3.8) is 0 Å². The monoisotopic (exact) mass is 345 g/mol. The van der Waals surface area contributed by atoms with Gasteiger partial charge < -0.3 is 14.6 Å². The number of aromatic nitrogens is 1. The fourth-order valence-electron chi connectivity index (χ4n) is 3.63. The van der Waals surface area contributed by atoms with Crippen LogP contribution >= 0.6 is 0 Å². The van der Waals surface area contributed by atoms with Crippen LogP contribution in [-0.2, 0) is 30.7 Å². The Bertz CT molecular complexity index is 712. The van der Waals surface area contributed by atoms with E-state index in [4.69, 9.17) is 9.26 Å². The lowest BCUT2D eigenvalue weighted by Gasteiger charge is -2.27. The van der Waals surface area contributed by atoms with Crippen LogP contribution in [0.25, 0.3) is 0 Å². The molecule has 2 aromatic rings. The Balaban J connectivity index is 1.38. The van der Waals surface area contributed by atoms with E-state index in [1.807, 2.05) is 12.1 Å². The van der Waals surface area contributed by atoms with Gasteiger partial charge in [-0.15, -0.1) is 0 Å². The topological polar surface area (TPSA) is 50.5 Å². The van der Waals surface area contributed by atoms with Crippen molar-refractivity contribution in [3.8, 4) is 0 Å². The van der Waals surface area contributed by atoms with E-state index in [9.17, 15) is 4.39 Å². The molecule has 1 fully saturated rings. The van der Waals surface area contributed by atoms with E-state index in [1.165, 1.54) is 11.6 Å². The summed E-state index contributed by atoms with van der Waals surface area (Å²) >= 11 is 0. The molecule has 6 heteroatoms. The van der Waals surface area contributed by atoms with E-state index in [2.05, 4.69) is 15.4 Å². The Morgan fingerprint density at radius 2 is 2.08 bits per heavy atom. The van der Waals surface area contributed by atoms with Crippen LogP contribution in [0.15, 0.2) is 28.8 Å². The van der Waals surface area contributed by atoms with Crippen LogP contribution in [-0.4, -0.2) is 42.4 Å². The molecule has 0 saturated carbocycles. The summed E-state index contributed by atoms with van der Waals surface area (Å²) in [5.74, 6) is 0.872. The molecule has 4 rings (SSSR count). The summed E-state index contributed by atoms with van der Waals surface area (Å²) < 4.78 is 24.7. The highest BCUT2D eigenvalue weighted by Crippen LogP contribution is 2.26. The number of ether oxygens (including phenoxy) is 1. The third-order valence-corrected chi connectivity index (χ3v) is 5.14. The molecule has 1 aromatic heterocycles. The van der Waals surface area contributed by atoms with E-state index >= 15 is 0 Å². The van der Waals surface area contributed by atoms with Gasteiger partial charge in [-0.1, -0.05) is 23.4 Å². The molecule has 0 spiro atoms. The smallest absolute Gasteiger partial charge is 0.140 e. The Labute approximate surface area is 147 Å². The molecule has 1 saturated heterocycles. The molecule has 2 heterocycles. The molecule has 1 atom stereocenters. The van der Waals surface area contributed by atoms with Crippen molar-refractivity contribution in [1.29, 1.82) is 0 Å². The van der Waals surface area contributed by atoms with Crippen LogP contribution < -0.4 is 5.32 Å². The summed E-state index contributed by atoms with van der Waals surface area (Å²) in [7, 11) is 0. The first-order chi connectivity index (χ1) is 12.3. The second kappa shape index (κ2) is 7.64. The molecule has 1 aromatic carbocycles. The highest BCUT2D eigenvalue weighted by Gasteiger charge is 2.26. The second-order valence-electron chi connectivity index (χ2n) is 6.83. The Morgan fingerprint density at radius 3 is 2.92 bits per heavy atom. The van der Waals surface area contributed by atoms with E-state index in [0.29, 0.717) is 18.2 Å². The number of fused-ring (bicyclic) bond motifs is 1. The molecule has 1 aliphatic carbocycles. The number of hydrogen-bond donors (Lipinski definition) is 1. The van der Waals surface area contributed by atoms with Crippen LogP contribution in [0, 0.1) is 5.82 Å². The van der Waals surface area contributed by atoms with Gasteiger partial charge in [0.05, 0.1) is 13.2 Å². The van der Waals surface area contributed by atoms with Crippen LogP contribution in [0.3, 0.4) is 0 Å². The number of halogens is 1. The van der Waals surface area contributed by atoms with E-state index in [1.54, 1.807) is 6.07 Å². The van der Waals surface area contributed by atoms with Gasteiger partial charge in [0.1, 0.15) is 17.3 Å². The lowest BCUT2D eigenvalue weighted by atomic mass is 9.91. The first-order valence-electron chi connectivity index (χ1n) is 9.03. The van der Waals surface area contributed by atoms with E-state index in [0.717, 1.165) is 63.6 Å². The molecule has 25 heavy (non-hydrogen) atoms. The van der Waals surface area contributed by atoms with Gasteiger partial charge in [0.2, 0.25) is 0 Å². The first kappa shape index (κ1) is 16.7. The Hall–Kier alpha value is -1.76. The molecule has 2 aliphatic rings. The average molecular weight is 345 g/mol. The maximum atomic E-state index is 13.8. The summed E-state index contributed by atoms with van der Waals surface area (Å²) in [6, 6.07) is 7.27. The van der Waals surface area contributed by atoms with Gasteiger partial charge in [-0.25, -0.2) is 4.39 Å². The molecular formula is C19H24FN3O2. The van der Waals surface area contributed by atoms with Crippen molar-refractivity contribution >= 4 is 0 Å². The van der Waals surface area contributed by atoms with Gasteiger partial charge in [-0.3, -0.25) is 4.90 Å². The highest BCUT2D eigenvalue weighted by atomic mass is 19.1. The fraction of sp³-hybridized carbons (Fsp3) is 0.526. The number of morpholine rings is 1. The summed E-state index contributed by atoms with van der Waals surface area (Å²) in [5, 5.41) is 7.81. The molecule has 0 radical (unpaired) electrons. The quantitative estimate of drug-likeness (QED) is 0.901. The number of aryl methyl sites for hydroxylation is 1. The van der Waals surface area contributed by atoms with Crippen LogP contribution in [0.1, 0.15) is 29.0 Å². The zero-order valence-electron chi connectivity index (χ0n) is 14.3. The predicted octanol–water partition coefficient (Wildman–Crippen LogP) is 2.29. The molecule has 1 unspecified atom stereocenters. The number of benzene rings is 1. The lowest BCUT2D eigenvalue weighted by molar-refractivity contribution is 0.0331. The highest BCUT2D eigenvalue weighted by molar-refractivity contribution is 5.27. The maximum Gasteiger partial charge on any atom is 0.140 e. The summed E-state index contributed by atoms with van der Waals surface area (Å²) in [5.41, 5.74) is 3.00. The van der Waals surface area contributed by atoms with Gasteiger partial charge in [0.25, 0.3) is 0 Å². The first-order valence-corrected chi connectivity index (χ1v) is 9.03. The van der Waals surface area contributed by atoms with Crippen LogP contribution in [0.4, 0.5) is 4.39 Å². The normalized spacial score (nSPS) is 21.2. The van der Waals surface area contributed by atoms with Gasteiger partial charge in [0.15, 0.2) is 0 Å². The van der Waals surface area contributed by atoms with Crippen molar-refractivity contribution in [2.24, 2.45) is 0 Å². The zero-order chi connectivity index (χ0) is 17.1. The third kappa shape index (κ3) is 3.92. The van der Waals surface area contributed by atoms with Crippen molar-refractivity contribution in [2.45, 2.75) is 38.4 Å². The maximum absolute atomic E-state index is 13.8. The number of nitrogens with zero attached hydrogens (tertiary/aromatic N) is 2. The van der Waals surface area contributed by atoms with Gasteiger partial charge in [0, 0.05) is 49.8 Å². The van der Waals surface area contributed by atoms with Crippen molar-refractivity contribution < 1.29 is 13.7 Å². The second-order valence-corrected chi connectivity index (χ2v) is 6.83. The molecular weight excluding hydrogens is 321 g/mol. The number of hydrogen-bond acceptors (Lipinski definition) is 5. The van der Waals surface area contributed by atoms with Gasteiger partial charge in [-0.2, -0.15) is 0 Å². The minimum atomic E-state index is -0.149. The minimum Gasteiger partial charge on any atom is -0.379 e. The molecule has 0 amide bonds. The van der Waals surface area contributed by atoms with E-state index < -0.39 is 0 Å². The summed E-state index contributed by atoms with van der Waals surface area (Å²) in [6.45, 7) is 4.83. The Morgan fingerprint density at radius 1 is 1.24 bits per heavy atom. The van der Waals surface area contributed by atoms with Crippen molar-refractivity contribution in [2.75, 3.05) is 26.3 Å². The van der Waals surface area contributed by atoms with Crippen molar-refractivity contribution in [3.05, 3.63) is 52.7 Å². The fourth-order valence-corrected chi connectivity index (χ4v) is 3.63. The van der Waals surface area contributed by atoms with Crippen LogP contribution in [0.2, 0.25) is 0 Å². The zero-order valence-corrected chi connectivity index (χ0v) is 14.3. The SMILES string of the molecule is Fc1ccccc1CNC1CCc2onc(CN3CCOCC3)c2C1. The Kier molecular flexibility index (Phi) is 5.10. The van der Waals surface area contributed by atoms with E-state index in [-0.39, 0.29) is 5.82 Å². The van der Waals surface area contributed by atoms with Gasteiger partial charge >= 0.3 is 0 Å². The third-order valence-electron chi connectivity index (χ3n) is 5.14. The molecule has 134 valence electrons. The standard InChI is InChI=1S/C19H24FN3O2/c20-17-4-2-1-3-14(17)12-21-15-5-6-19-16(11-15)18(22-25-19)13-23-7-9-24-10-8-23/h1-4,15,21H,5-13H2. The molecule has 1 N–H and O–H groups in total. The van der Waals surface area contributed by atoms with Gasteiger partial charge in [-0.05, 0) is 18.9 Å². The predicted molar refractivity (Wildman–Crippen MR) is 91.7 cm³/mol. The molecule has 0 bridgehead atoms. The lowest BCUT2D eigenvalue weighted by Crippen LogP contribution is -2.37. The number of rotatable bonds is 5. The molecule has 5 nitrogen and oxygen atoms in total. The van der Waals surface area contributed by atoms with Crippen LogP contribution in [0.5, 0.6) is 0 Å². The average Bonchev–Trinajstić information content (AvgIpc) is 3.04. The minimum absolute atomic E-state index is 0.149. The van der Waals surface area contributed by atoms with Crippen molar-refractivity contribution in [1.82, 2.24) is 15.4 Å². The summed E-state index contributed by atoms with van der Waals surface area (Å²) in [6.07, 6.45) is 2.78. The molecule has 1 aliphatic heterocycles. The number of nitrogens with one attached hydrogen (secondary N) is 1. The summed E-state index contributed by atoms with van der Waals surface area (Å²) in [4.78, 5) is 2.36. The largest absolute Gasteiger partial charge is 0.379 e.